The molecule has 0 bridgehead atoms. The molecule has 7 heteroatoms. The number of nitrogens with zero attached hydrogens (tertiary/aromatic N) is 3. The Kier molecular flexibility index (Phi) is 3.71. The first-order valence-electron chi connectivity index (χ1n) is 5.21. The van der Waals surface area contributed by atoms with Crippen LogP contribution in [0.2, 0.25) is 0 Å². The summed E-state index contributed by atoms with van der Waals surface area (Å²) in [6, 6.07) is 5.11. The Bertz CT molecular complexity index is 710. The summed E-state index contributed by atoms with van der Waals surface area (Å²) >= 11 is 1.99. The summed E-state index contributed by atoms with van der Waals surface area (Å²) in [5.41, 5.74) is 6.18. The molecular weight excluding hydrogens is 359 g/mol. The van der Waals surface area contributed by atoms with Crippen LogP contribution in [0.3, 0.4) is 0 Å². The third-order valence-corrected chi connectivity index (χ3v) is 3.19. The molecule has 6 nitrogen and oxygen atoms in total. The first-order valence-corrected chi connectivity index (χ1v) is 6.29. The fourth-order valence-electron chi connectivity index (χ4n) is 1.43. The van der Waals surface area contributed by atoms with Crippen LogP contribution in [0.4, 0.5) is 5.69 Å². The zero-order valence-electron chi connectivity index (χ0n) is 9.92. The van der Waals surface area contributed by atoms with Crippen LogP contribution in [0.1, 0.15) is 5.56 Å². The van der Waals surface area contributed by atoms with E-state index in [-0.39, 0.29) is 17.1 Å². The summed E-state index contributed by atoms with van der Waals surface area (Å²) in [7, 11) is 1.60. The van der Waals surface area contributed by atoms with Gasteiger partial charge in [0, 0.05) is 19.4 Å². The number of rotatable bonds is 2. The van der Waals surface area contributed by atoms with Gasteiger partial charge in [0.05, 0.1) is 20.9 Å². The molecule has 0 aliphatic carbocycles. The fraction of sp³-hybridized carbons (Fsp3) is 0.0833. The third-order valence-electron chi connectivity index (χ3n) is 2.39. The van der Waals surface area contributed by atoms with Gasteiger partial charge in [0.1, 0.15) is 0 Å². The van der Waals surface area contributed by atoms with Crippen molar-refractivity contribution < 1.29 is 4.74 Å². The van der Waals surface area contributed by atoms with Crippen LogP contribution in [-0.2, 0) is 7.05 Å². The number of nitrogen functional groups attached to an aromatic ring is 1. The predicted octanol–water partition coefficient (Wildman–Crippen LogP) is 1.63. The topological polar surface area (TPSA) is 93.9 Å². The number of hydrogen-bond acceptors (Lipinski definition) is 5. The van der Waals surface area contributed by atoms with Crippen molar-refractivity contribution in [2.75, 3.05) is 5.73 Å². The molecular formula is C12H9IN4O2. The van der Waals surface area contributed by atoms with Gasteiger partial charge >= 0.3 is 5.56 Å². The highest BCUT2D eigenvalue weighted by Crippen LogP contribution is 2.31. The van der Waals surface area contributed by atoms with Crippen molar-refractivity contribution >= 4 is 28.3 Å². The van der Waals surface area contributed by atoms with Crippen LogP contribution in [-0.4, -0.2) is 9.55 Å². The summed E-state index contributed by atoms with van der Waals surface area (Å²) in [6.45, 7) is 0. The standard InChI is InChI=1S/C12H9IN4O2/c1-17-3-2-16-11(12(17)18)19-10-8(13)4-7(6-14)5-9(10)15/h2-5H,15H2,1H3. The average Bonchev–Trinajstić information content (AvgIpc) is 2.38. The van der Waals surface area contributed by atoms with Crippen molar-refractivity contribution in [3.05, 3.63) is 44.0 Å². The highest BCUT2D eigenvalue weighted by atomic mass is 127. The molecule has 0 aliphatic heterocycles. The SMILES string of the molecule is Cn1ccnc(Oc2c(N)cc(C#N)cc2I)c1=O. The molecule has 19 heavy (non-hydrogen) atoms. The van der Waals surface area contributed by atoms with Gasteiger partial charge in [-0.2, -0.15) is 5.26 Å². The zero-order valence-corrected chi connectivity index (χ0v) is 12.1. The minimum Gasteiger partial charge on any atom is -0.431 e. The molecule has 1 aromatic carbocycles. The number of anilines is 1. The van der Waals surface area contributed by atoms with Crippen molar-refractivity contribution in [2.24, 2.45) is 7.05 Å². The van der Waals surface area contributed by atoms with Crippen LogP contribution < -0.4 is 16.0 Å². The molecule has 0 spiro atoms. The van der Waals surface area contributed by atoms with Crippen LogP contribution in [0, 0.1) is 14.9 Å². The van der Waals surface area contributed by atoms with Gasteiger partial charge in [-0.1, -0.05) is 0 Å². The Morgan fingerprint density at radius 2 is 2.26 bits per heavy atom. The molecule has 2 N–H and O–H groups in total. The Morgan fingerprint density at radius 3 is 2.89 bits per heavy atom. The van der Waals surface area contributed by atoms with Gasteiger partial charge in [-0.25, -0.2) is 4.98 Å². The van der Waals surface area contributed by atoms with Crippen molar-refractivity contribution in [3.8, 4) is 17.7 Å². The second-order valence-electron chi connectivity index (χ2n) is 3.74. The largest absolute Gasteiger partial charge is 0.431 e. The number of aryl methyl sites for hydroxylation is 1. The van der Waals surface area contributed by atoms with E-state index in [2.05, 4.69) is 4.98 Å². The number of nitrogens with two attached hydrogens (primary N) is 1. The van der Waals surface area contributed by atoms with Gasteiger partial charge in [-0.05, 0) is 34.7 Å². The normalized spacial score (nSPS) is 9.95. The molecule has 0 saturated heterocycles. The van der Waals surface area contributed by atoms with Gasteiger partial charge in [-0.3, -0.25) is 4.79 Å². The lowest BCUT2D eigenvalue weighted by atomic mass is 10.2. The lowest BCUT2D eigenvalue weighted by molar-refractivity contribution is 0.448. The highest BCUT2D eigenvalue weighted by molar-refractivity contribution is 14.1. The molecule has 2 aromatic rings. The summed E-state index contributed by atoms with van der Waals surface area (Å²) in [5, 5.41) is 8.83. The van der Waals surface area contributed by atoms with E-state index < -0.39 is 0 Å². The molecule has 96 valence electrons. The highest BCUT2D eigenvalue weighted by Gasteiger charge is 2.13. The molecule has 0 saturated carbocycles. The van der Waals surface area contributed by atoms with E-state index >= 15 is 0 Å². The lowest BCUT2D eigenvalue weighted by Gasteiger charge is -2.10. The first-order chi connectivity index (χ1) is 9.02. The second kappa shape index (κ2) is 5.27. The monoisotopic (exact) mass is 368 g/mol. The Hall–Kier alpha value is -2.08. The number of hydrogen-bond donors (Lipinski definition) is 1. The Labute approximate surface area is 122 Å². The number of ether oxygens (including phenoxy) is 1. The number of benzene rings is 1. The fourth-order valence-corrected chi connectivity index (χ4v) is 2.19. The van der Waals surface area contributed by atoms with Gasteiger partial charge in [-0.15, -0.1) is 0 Å². The molecule has 2 rings (SSSR count). The van der Waals surface area contributed by atoms with Crippen LogP contribution in [0.15, 0.2) is 29.3 Å². The molecule has 1 aromatic heterocycles. The van der Waals surface area contributed by atoms with E-state index in [1.165, 1.54) is 23.0 Å². The first kappa shape index (κ1) is 13.4. The molecule has 1 heterocycles. The number of halogens is 1. The van der Waals surface area contributed by atoms with E-state index in [0.29, 0.717) is 14.9 Å². The molecule has 0 radical (unpaired) electrons. The minimum absolute atomic E-state index is 0.0562. The van der Waals surface area contributed by atoms with Crippen molar-refractivity contribution in [1.29, 1.82) is 5.26 Å². The minimum atomic E-state index is -0.359. The van der Waals surface area contributed by atoms with Crippen molar-refractivity contribution in [2.45, 2.75) is 0 Å². The second-order valence-corrected chi connectivity index (χ2v) is 4.90. The van der Waals surface area contributed by atoms with Gasteiger partial charge in [0.2, 0.25) is 0 Å². The summed E-state index contributed by atoms with van der Waals surface area (Å²) in [6.07, 6.45) is 2.99. The van der Waals surface area contributed by atoms with Crippen LogP contribution in [0.5, 0.6) is 11.6 Å². The Morgan fingerprint density at radius 1 is 1.53 bits per heavy atom. The van der Waals surface area contributed by atoms with E-state index in [1.54, 1.807) is 13.1 Å². The molecule has 0 atom stereocenters. The van der Waals surface area contributed by atoms with Crippen molar-refractivity contribution in [1.82, 2.24) is 9.55 Å². The lowest BCUT2D eigenvalue weighted by Crippen LogP contribution is -2.18. The predicted molar refractivity (Wildman–Crippen MR) is 77.8 cm³/mol. The van der Waals surface area contributed by atoms with Crippen molar-refractivity contribution in [3.63, 3.8) is 0 Å². The van der Waals surface area contributed by atoms with Crippen LogP contribution >= 0.6 is 22.6 Å². The summed E-state index contributed by atoms with van der Waals surface area (Å²) in [5.74, 6) is 0.273. The maximum absolute atomic E-state index is 11.8. The Balaban J connectivity index is 2.48. The molecule has 0 amide bonds. The van der Waals surface area contributed by atoms with Gasteiger partial charge in [0.15, 0.2) is 5.75 Å². The average molecular weight is 368 g/mol. The van der Waals surface area contributed by atoms with E-state index in [4.69, 9.17) is 15.7 Å². The molecule has 0 unspecified atom stereocenters. The van der Waals surface area contributed by atoms with Crippen LogP contribution in [0.25, 0.3) is 0 Å². The maximum atomic E-state index is 11.8. The summed E-state index contributed by atoms with van der Waals surface area (Å²) in [4.78, 5) is 15.7. The summed E-state index contributed by atoms with van der Waals surface area (Å²) < 4.78 is 7.46. The number of aromatic nitrogens is 2. The van der Waals surface area contributed by atoms with Gasteiger partial charge < -0.3 is 15.0 Å². The molecule has 0 fully saturated rings. The third kappa shape index (κ3) is 2.68. The van der Waals surface area contributed by atoms with Gasteiger partial charge in [0.25, 0.3) is 5.88 Å². The molecule has 0 aliphatic rings. The number of nitriles is 1. The van der Waals surface area contributed by atoms with E-state index in [9.17, 15) is 4.79 Å². The quantitative estimate of drug-likeness (QED) is 0.643. The van der Waals surface area contributed by atoms with E-state index in [1.807, 2.05) is 28.7 Å². The smallest absolute Gasteiger partial charge is 0.313 e. The maximum Gasteiger partial charge on any atom is 0.313 e. The zero-order chi connectivity index (χ0) is 14.0. The van der Waals surface area contributed by atoms with E-state index in [0.717, 1.165) is 0 Å².